The monoisotopic (exact) mass is 325 g/mol. The van der Waals surface area contributed by atoms with Crippen molar-refractivity contribution in [1.82, 2.24) is 0 Å². The van der Waals surface area contributed by atoms with Gasteiger partial charge in [0.05, 0.1) is 24.8 Å². The first-order chi connectivity index (χ1) is 11.6. The van der Waals surface area contributed by atoms with Crippen LogP contribution in [0.2, 0.25) is 0 Å². The predicted molar refractivity (Wildman–Crippen MR) is 90.8 cm³/mol. The van der Waals surface area contributed by atoms with Crippen molar-refractivity contribution in [3.8, 4) is 5.75 Å². The lowest BCUT2D eigenvalue weighted by atomic mass is 10.0. The summed E-state index contributed by atoms with van der Waals surface area (Å²) < 4.78 is 5.17. The van der Waals surface area contributed by atoms with Crippen LogP contribution in [0.15, 0.2) is 36.4 Å². The Morgan fingerprint density at radius 2 is 1.92 bits per heavy atom. The molecule has 124 valence electrons. The summed E-state index contributed by atoms with van der Waals surface area (Å²) in [5.41, 5.74) is 4.28. The number of aromatic carboxylic acids is 1. The Hall–Kier alpha value is -2.82. The standard InChI is InChI=1S/C19H19NO4/c1-24-17-11-15(19(22)23)7-8-16(17)20-18(21)10-12-5-6-13-3-2-4-14(13)9-12/h5-9,11H,2-4,10H2,1H3,(H,20,21)(H,22,23). The van der Waals surface area contributed by atoms with Gasteiger partial charge in [0.25, 0.3) is 0 Å². The molecule has 2 aromatic rings. The van der Waals surface area contributed by atoms with Gasteiger partial charge in [-0.25, -0.2) is 4.79 Å². The number of rotatable bonds is 5. The molecule has 0 bridgehead atoms. The number of amides is 1. The van der Waals surface area contributed by atoms with Crippen molar-refractivity contribution in [3.63, 3.8) is 0 Å². The maximum atomic E-state index is 12.3. The van der Waals surface area contributed by atoms with Crippen molar-refractivity contribution in [2.45, 2.75) is 25.7 Å². The fourth-order valence-corrected chi connectivity index (χ4v) is 3.04. The van der Waals surface area contributed by atoms with Gasteiger partial charge in [-0.1, -0.05) is 18.2 Å². The molecular weight excluding hydrogens is 306 g/mol. The molecule has 0 saturated carbocycles. The maximum absolute atomic E-state index is 12.3. The van der Waals surface area contributed by atoms with Gasteiger partial charge in [-0.2, -0.15) is 0 Å². The summed E-state index contributed by atoms with van der Waals surface area (Å²) in [5.74, 6) is -0.865. The maximum Gasteiger partial charge on any atom is 0.335 e. The highest BCUT2D eigenvalue weighted by Crippen LogP contribution is 2.26. The summed E-state index contributed by atoms with van der Waals surface area (Å²) in [6.07, 6.45) is 3.65. The second-order valence-corrected chi connectivity index (χ2v) is 5.90. The first kappa shape index (κ1) is 16.1. The van der Waals surface area contributed by atoms with E-state index in [4.69, 9.17) is 9.84 Å². The number of ether oxygens (including phenoxy) is 1. The third kappa shape index (κ3) is 3.40. The number of aryl methyl sites for hydroxylation is 2. The van der Waals surface area contributed by atoms with E-state index in [2.05, 4.69) is 17.4 Å². The van der Waals surface area contributed by atoms with Gasteiger partial charge in [-0.15, -0.1) is 0 Å². The molecule has 1 amide bonds. The highest BCUT2D eigenvalue weighted by Gasteiger charge is 2.14. The summed E-state index contributed by atoms with van der Waals surface area (Å²) in [4.78, 5) is 23.3. The van der Waals surface area contributed by atoms with Crippen molar-refractivity contribution in [3.05, 3.63) is 58.7 Å². The zero-order valence-corrected chi connectivity index (χ0v) is 13.5. The van der Waals surface area contributed by atoms with Gasteiger partial charge >= 0.3 is 5.97 Å². The average molecular weight is 325 g/mol. The van der Waals surface area contributed by atoms with Crippen molar-refractivity contribution in [1.29, 1.82) is 0 Å². The van der Waals surface area contributed by atoms with Crippen LogP contribution in [0.4, 0.5) is 5.69 Å². The summed E-state index contributed by atoms with van der Waals surface area (Å²) in [7, 11) is 1.44. The van der Waals surface area contributed by atoms with Crippen LogP contribution in [0.25, 0.3) is 0 Å². The Bertz CT molecular complexity index is 798. The molecule has 0 aliphatic heterocycles. The van der Waals surface area contributed by atoms with Crippen LogP contribution in [0, 0.1) is 0 Å². The summed E-state index contributed by atoms with van der Waals surface area (Å²) >= 11 is 0. The topological polar surface area (TPSA) is 75.6 Å². The summed E-state index contributed by atoms with van der Waals surface area (Å²) in [6, 6.07) is 10.6. The number of carbonyl (C=O) groups excluding carboxylic acids is 1. The van der Waals surface area contributed by atoms with Crippen LogP contribution >= 0.6 is 0 Å². The van der Waals surface area contributed by atoms with E-state index in [9.17, 15) is 9.59 Å². The molecule has 0 aromatic heterocycles. The van der Waals surface area contributed by atoms with Crippen molar-refractivity contribution in [2.75, 3.05) is 12.4 Å². The average Bonchev–Trinajstić information content (AvgIpc) is 3.02. The number of carbonyl (C=O) groups is 2. The Morgan fingerprint density at radius 3 is 2.67 bits per heavy atom. The number of benzene rings is 2. The zero-order chi connectivity index (χ0) is 17.1. The molecule has 1 aliphatic rings. The van der Waals surface area contributed by atoms with E-state index in [1.165, 1.54) is 36.8 Å². The van der Waals surface area contributed by atoms with Crippen molar-refractivity contribution >= 4 is 17.6 Å². The van der Waals surface area contributed by atoms with Gasteiger partial charge in [-0.05, 0) is 54.2 Å². The van der Waals surface area contributed by atoms with Crippen LogP contribution < -0.4 is 10.1 Å². The number of fused-ring (bicyclic) bond motifs is 1. The summed E-state index contributed by atoms with van der Waals surface area (Å²) in [6.45, 7) is 0. The highest BCUT2D eigenvalue weighted by molar-refractivity contribution is 5.95. The normalized spacial score (nSPS) is 12.5. The predicted octanol–water partition coefficient (Wildman–Crippen LogP) is 3.06. The van der Waals surface area contributed by atoms with Gasteiger partial charge < -0.3 is 15.2 Å². The number of nitrogens with one attached hydrogen (secondary N) is 1. The minimum Gasteiger partial charge on any atom is -0.495 e. The third-order valence-corrected chi connectivity index (χ3v) is 4.25. The molecule has 1 aliphatic carbocycles. The van der Waals surface area contributed by atoms with Crippen LogP contribution in [-0.4, -0.2) is 24.1 Å². The van der Waals surface area contributed by atoms with Gasteiger partial charge in [0.1, 0.15) is 5.75 Å². The minimum atomic E-state index is -1.04. The lowest BCUT2D eigenvalue weighted by Gasteiger charge is -2.11. The number of carboxylic acids is 1. The Labute approximate surface area is 140 Å². The molecule has 0 atom stereocenters. The number of anilines is 1. The SMILES string of the molecule is COc1cc(C(=O)O)ccc1NC(=O)Cc1ccc2c(c1)CCC2. The molecule has 24 heavy (non-hydrogen) atoms. The van der Waals surface area contributed by atoms with Crippen molar-refractivity contribution in [2.24, 2.45) is 0 Å². The minimum absolute atomic E-state index is 0.114. The molecule has 0 spiro atoms. The van der Waals surface area contributed by atoms with Crippen LogP contribution in [0.1, 0.15) is 33.5 Å². The highest BCUT2D eigenvalue weighted by atomic mass is 16.5. The number of methoxy groups -OCH3 is 1. The quantitative estimate of drug-likeness (QED) is 0.886. The molecule has 0 heterocycles. The van der Waals surface area contributed by atoms with E-state index < -0.39 is 5.97 Å². The number of hydrogen-bond donors (Lipinski definition) is 2. The molecule has 0 fully saturated rings. The Morgan fingerprint density at radius 1 is 1.12 bits per heavy atom. The second kappa shape index (κ2) is 6.74. The molecule has 5 nitrogen and oxygen atoms in total. The first-order valence-corrected chi connectivity index (χ1v) is 7.88. The van der Waals surface area contributed by atoms with Gasteiger partial charge in [-0.3, -0.25) is 4.79 Å². The molecule has 0 radical (unpaired) electrons. The molecule has 2 aromatic carbocycles. The molecule has 3 rings (SSSR count). The molecule has 0 unspecified atom stereocenters. The van der Waals surface area contributed by atoms with E-state index in [0.29, 0.717) is 11.4 Å². The lowest BCUT2D eigenvalue weighted by Crippen LogP contribution is -2.15. The molecule has 2 N–H and O–H groups in total. The van der Waals surface area contributed by atoms with Gasteiger partial charge in [0.15, 0.2) is 0 Å². The lowest BCUT2D eigenvalue weighted by molar-refractivity contribution is -0.115. The van der Waals surface area contributed by atoms with Gasteiger partial charge in [0, 0.05) is 0 Å². The van der Waals surface area contributed by atoms with Crippen LogP contribution in [-0.2, 0) is 24.1 Å². The van der Waals surface area contributed by atoms with Gasteiger partial charge in [0.2, 0.25) is 5.91 Å². The largest absolute Gasteiger partial charge is 0.495 e. The van der Waals surface area contributed by atoms with E-state index in [0.717, 1.165) is 18.4 Å². The fourth-order valence-electron chi connectivity index (χ4n) is 3.04. The molecular formula is C19H19NO4. The number of carboxylic acid groups (broad SMARTS) is 1. The smallest absolute Gasteiger partial charge is 0.335 e. The van der Waals surface area contributed by atoms with E-state index in [1.807, 2.05) is 6.07 Å². The van der Waals surface area contributed by atoms with Crippen molar-refractivity contribution < 1.29 is 19.4 Å². The Balaban J connectivity index is 1.71. The number of hydrogen-bond acceptors (Lipinski definition) is 3. The van der Waals surface area contributed by atoms with Crippen LogP contribution in [0.5, 0.6) is 5.75 Å². The second-order valence-electron chi connectivity index (χ2n) is 5.90. The first-order valence-electron chi connectivity index (χ1n) is 7.88. The van der Waals surface area contributed by atoms with E-state index in [1.54, 1.807) is 6.07 Å². The fraction of sp³-hybridized carbons (Fsp3) is 0.263. The van der Waals surface area contributed by atoms with E-state index in [-0.39, 0.29) is 17.9 Å². The molecule has 0 saturated heterocycles. The van der Waals surface area contributed by atoms with E-state index >= 15 is 0 Å². The third-order valence-electron chi connectivity index (χ3n) is 4.25. The zero-order valence-electron chi connectivity index (χ0n) is 13.5. The summed E-state index contributed by atoms with van der Waals surface area (Å²) in [5, 5.41) is 11.8. The molecule has 5 heteroatoms. The Kier molecular flexibility index (Phi) is 4.51. The van der Waals surface area contributed by atoms with Crippen LogP contribution in [0.3, 0.4) is 0 Å².